The summed E-state index contributed by atoms with van der Waals surface area (Å²) in [4.78, 5) is 0.281. The van der Waals surface area contributed by atoms with E-state index in [9.17, 15) is 8.42 Å². The molecular weight excluding hydrogens is 338 g/mol. The topological polar surface area (TPSA) is 57.9 Å². The molecule has 0 radical (unpaired) electrons. The van der Waals surface area contributed by atoms with E-state index >= 15 is 0 Å². The highest BCUT2D eigenvalue weighted by Gasteiger charge is 2.19. The van der Waals surface area contributed by atoms with Gasteiger partial charge in [-0.2, -0.15) is 5.26 Å². The van der Waals surface area contributed by atoms with Gasteiger partial charge >= 0.3 is 0 Å². The van der Waals surface area contributed by atoms with Crippen molar-refractivity contribution in [2.45, 2.75) is 17.6 Å². The summed E-state index contributed by atoms with van der Waals surface area (Å²) in [6, 6.07) is 13.8. The molecule has 0 spiro atoms. The highest BCUT2D eigenvalue weighted by atomic mass is 79.9. The van der Waals surface area contributed by atoms with Crippen LogP contribution in [0, 0.1) is 18.3 Å². The molecule has 0 heterocycles. The smallest absolute Gasteiger partial charge is 0.183 e. The Bertz CT molecular complexity index is 792. The van der Waals surface area contributed by atoms with Crippen molar-refractivity contribution in [3.63, 3.8) is 0 Å². The van der Waals surface area contributed by atoms with Crippen LogP contribution in [0.4, 0.5) is 0 Å². The van der Waals surface area contributed by atoms with Crippen LogP contribution < -0.4 is 0 Å². The van der Waals surface area contributed by atoms with E-state index in [1.807, 2.05) is 13.0 Å². The maximum Gasteiger partial charge on any atom is 0.183 e. The number of halogens is 1. The molecule has 0 aliphatic heterocycles. The van der Waals surface area contributed by atoms with E-state index in [0.29, 0.717) is 15.6 Å². The van der Waals surface area contributed by atoms with Crippen LogP contribution in [-0.2, 0) is 15.6 Å². The maximum absolute atomic E-state index is 12.4. The third kappa shape index (κ3) is 3.09. The first-order valence-electron chi connectivity index (χ1n) is 5.91. The lowest BCUT2D eigenvalue weighted by molar-refractivity contribution is 0.594. The van der Waals surface area contributed by atoms with Gasteiger partial charge in [-0.25, -0.2) is 8.42 Å². The second-order valence-corrected chi connectivity index (χ2v) is 7.25. The maximum atomic E-state index is 12.4. The second-order valence-electron chi connectivity index (χ2n) is 4.44. The monoisotopic (exact) mass is 349 g/mol. The van der Waals surface area contributed by atoms with E-state index in [1.54, 1.807) is 42.5 Å². The third-order valence-corrected chi connectivity index (χ3v) is 5.66. The SMILES string of the molecule is Cc1cc(C#N)ccc1CS(=O)(=O)c1ccccc1Br. The standard InChI is InChI=1S/C15H12BrNO2S/c1-11-8-12(9-17)6-7-13(11)10-20(18,19)15-5-3-2-4-14(15)16/h2-8H,10H2,1H3. The number of nitriles is 1. The number of hydrogen-bond donors (Lipinski definition) is 0. The van der Waals surface area contributed by atoms with E-state index < -0.39 is 9.84 Å². The largest absolute Gasteiger partial charge is 0.223 e. The molecule has 5 heteroatoms. The molecule has 0 aliphatic rings. The fourth-order valence-electron chi connectivity index (χ4n) is 1.91. The van der Waals surface area contributed by atoms with Crippen LogP contribution in [0.15, 0.2) is 51.8 Å². The number of nitrogens with zero attached hydrogens (tertiary/aromatic N) is 1. The Morgan fingerprint density at radius 1 is 1.20 bits per heavy atom. The van der Waals surface area contributed by atoms with Gasteiger partial charge in [0.05, 0.1) is 22.3 Å². The predicted octanol–water partition coefficient (Wildman–Crippen LogP) is 3.60. The minimum atomic E-state index is -3.42. The lowest BCUT2D eigenvalue weighted by Gasteiger charge is -2.09. The van der Waals surface area contributed by atoms with Crippen molar-refractivity contribution < 1.29 is 8.42 Å². The van der Waals surface area contributed by atoms with Gasteiger partial charge in [0, 0.05) is 4.47 Å². The molecule has 3 nitrogen and oxygen atoms in total. The number of sulfone groups is 1. The van der Waals surface area contributed by atoms with Gasteiger partial charge in [0.1, 0.15) is 0 Å². The van der Waals surface area contributed by atoms with E-state index in [2.05, 4.69) is 15.9 Å². The first kappa shape index (κ1) is 14.8. The van der Waals surface area contributed by atoms with Gasteiger partial charge in [0.2, 0.25) is 0 Å². The minimum Gasteiger partial charge on any atom is -0.223 e. The molecule has 0 unspecified atom stereocenters. The predicted molar refractivity (Wildman–Crippen MR) is 80.9 cm³/mol. The first-order chi connectivity index (χ1) is 9.44. The average molecular weight is 350 g/mol. The van der Waals surface area contributed by atoms with Crippen molar-refractivity contribution in [2.75, 3.05) is 0 Å². The Balaban J connectivity index is 2.40. The zero-order valence-electron chi connectivity index (χ0n) is 10.8. The molecule has 102 valence electrons. The van der Waals surface area contributed by atoms with Crippen LogP contribution in [0.2, 0.25) is 0 Å². The van der Waals surface area contributed by atoms with Crippen molar-refractivity contribution in [3.8, 4) is 6.07 Å². The number of benzene rings is 2. The van der Waals surface area contributed by atoms with Crippen molar-refractivity contribution >= 4 is 25.8 Å². The van der Waals surface area contributed by atoms with Gasteiger partial charge in [0.15, 0.2) is 9.84 Å². The fourth-order valence-corrected chi connectivity index (χ4v) is 4.47. The molecule has 2 aromatic carbocycles. The Morgan fingerprint density at radius 3 is 2.50 bits per heavy atom. The molecule has 0 aliphatic carbocycles. The van der Waals surface area contributed by atoms with Crippen LogP contribution >= 0.6 is 15.9 Å². The van der Waals surface area contributed by atoms with Crippen molar-refractivity contribution in [3.05, 3.63) is 63.6 Å². The molecule has 0 N–H and O–H groups in total. The zero-order valence-corrected chi connectivity index (χ0v) is 13.2. The summed E-state index contributed by atoms with van der Waals surface area (Å²) in [5.41, 5.74) is 2.05. The van der Waals surface area contributed by atoms with Crippen molar-refractivity contribution in [1.29, 1.82) is 5.26 Å². The number of rotatable bonds is 3. The van der Waals surface area contributed by atoms with Gasteiger partial charge in [-0.05, 0) is 58.2 Å². The van der Waals surface area contributed by atoms with E-state index in [4.69, 9.17) is 5.26 Å². The van der Waals surface area contributed by atoms with Crippen molar-refractivity contribution in [2.24, 2.45) is 0 Å². The Morgan fingerprint density at radius 2 is 1.90 bits per heavy atom. The highest BCUT2D eigenvalue weighted by molar-refractivity contribution is 9.10. The number of aryl methyl sites for hydroxylation is 1. The molecular formula is C15H12BrNO2S. The normalized spacial score (nSPS) is 11.1. The van der Waals surface area contributed by atoms with Crippen molar-refractivity contribution in [1.82, 2.24) is 0 Å². The molecule has 0 fully saturated rings. The molecule has 20 heavy (non-hydrogen) atoms. The molecule has 2 rings (SSSR count). The summed E-state index contributed by atoms with van der Waals surface area (Å²) in [5, 5.41) is 8.83. The molecule has 0 amide bonds. The molecule has 0 atom stereocenters. The summed E-state index contributed by atoms with van der Waals surface area (Å²) in [5.74, 6) is -0.0762. The van der Waals surface area contributed by atoms with Gasteiger partial charge in [-0.3, -0.25) is 0 Å². The number of hydrogen-bond acceptors (Lipinski definition) is 3. The lowest BCUT2D eigenvalue weighted by Crippen LogP contribution is -2.07. The fraction of sp³-hybridized carbons (Fsp3) is 0.133. The summed E-state index contributed by atoms with van der Waals surface area (Å²) < 4.78 is 25.4. The van der Waals surface area contributed by atoms with Gasteiger partial charge in [0.25, 0.3) is 0 Å². The van der Waals surface area contributed by atoms with Gasteiger partial charge in [-0.1, -0.05) is 18.2 Å². The summed E-state index contributed by atoms with van der Waals surface area (Å²) in [6.07, 6.45) is 0. The van der Waals surface area contributed by atoms with Crippen LogP contribution in [0.1, 0.15) is 16.7 Å². The summed E-state index contributed by atoms with van der Waals surface area (Å²) >= 11 is 3.26. The molecule has 0 saturated carbocycles. The van der Waals surface area contributed by atoms with Crippen LogP contribution in [0.25, 0.3) is 0 Å². The Hall–Kier alpha value is -1.64. The Kier molecular flexibility index (Phi) is 4.26. The van der Waals surface area contributed by atoms with E-state index in [1.165, 1.54) is 0 Å². The molecule has 2 aromatic rings. The van der Waals surface area contributed by atoms with Crippen LogP contribution in [-0.4, -0.2) is 8.42 Å². The van der Waals surface area contributed by atoms with Crippen LogP contribution in [0.3, 0.4) is 0 Å². The molecule has 0 saturated heterocycles. The quantitative estimate of drug-likeness (QED) is 0.850. The molecule has 0 bridgehead atoms. The second kappa shape index (κ2) is 5.78. The molecule has 0 aromatic heterocycles. The van der Waals surface area contributed by atoms with E-state index in [0.717, 1.165) is 5.56 Å². The third-order valence-electron chi connectivity index (χ3n) is 2.99. The van der Waals surface area contributed by atoms with E-state index in [-0.39, 0.29) is 10.6 Å². The minimum absolute atomic E-state index is 0.0762. The first-order valence-corrected chi connectivity index (χ1v) is 8.35. The highest BCUT2D eigenvalue weighted by Crippen LogP contribution is 2.25. The average Bonchev–Trinajstić information content (AvgIpc) is 2.41. The summed E-state index contributed by atoms with van der Waals surface area (Å²) in [6.45, 7) is 1.81. The zero-order chi connectivity index (χ0) is 14.8. The van der Waals surface area contributed by atoms with Gasteiger partial charge < -0.3 is 0 Å². The Labute approximate surface area is 126 Å². The lowest BCUT2D eigenvalue weighted by atomic mass is 10.1. The summed E-state index contributed by atoms with van der Waals surface area (Å²) in [7, 11) is -3.42. The van der Waals surface area contributed by atoms with Crippen LogP contribution in [0.5, 0.6) is 0 Å². The van der Waals surface area contributed by atoms with Gasteiger partial charge in [-0.15, -0.1) is 0 Å².